The summed E-state index contributed by atoms with van der Waals surface area (Å²) in [5.41, 5.74) is 1.24. The lowest BCUT2D eigenvalue weighted by Gasteiger charge is -2.32. The predicted octanol–water partition coefficient (Wildman–Crippen LogP) is 2.76. The first kappa shape index (κ1) is 111. The van der Waals surface area contributed by atoms with Crippen LogP contribution in [0.15, 0.2) is 94.7 Å². The van der Waals surface area contributed by atoms with Gasteiger partial charge in [-0.1, -0.05) is 50.5 Å². The standard InChI is InChI=1S/2C22H31N5O9S.C12H18N2O3S.C10H15N3O4.C9H18ClN2OP.4CH4/c2*1-4-15-13(5-17(35-15)26-8-11(2)19(29)24-21(26)31)10-37(33,34)23-7-16-14(28)6-18(36-16)27-9-12(3)20(30)25-22(27)32;1-3-9-8(6-18)4-10(17-9)14-5-7(2)11(15)13-12(14)16;1-5-4-13(10(16)12-9(5)15)8-2-6(14)7(3-11)17-8;1-8(2)12(9(3)4)14(10)13-7-5-6-11;;;;/h2*8-9,13-18,23,28H,4-7,10H2,1-3H3,(H,24,29,31)(H,25,30,32);5,8-10,18H,3-4,6H2,1-2H3,(H,13,15,16);4,6-8,14H,2-3,11H2,1H3,(H,12,15,16);8-9H,5,7H2,1-4H3;4*1H4/t2*13-,14+,15-,16-,17-,18-;8-,9-,10-;6-,7+,8+;;;;;/m1110...../s1. The Morgan fingerprint density at radius 3 is 0.929 bits per heavy atom. The first-order chi connectivity index (χ1) is 57.8. The number of aliphatic hydroxyl groups is 3. The molecule has 0 radical (unpaired) electrons. The molecule has 716 valence electrons. The molecule has 6 saturated heterocycles. The summed E-state index contributed by atoms with van der Waals surface area (Å²) in [7, 11) is -8.75. The van der Waals surface area contributed by atoms with Crippen molar-refractivity contribution in [1.82, 2.24) is 71.4 Å². The first-order valence-electron chi connectivity index (χ1n) is 40.2. The number of halogens is 1. The summed E-state index contributed by atoms with van der Waals surface area (Å²) in [6.07, 6.45) is 2.65. The number of ether oxygens (including phenoxy) is 6. The average molecular weight is 1900 g/mol. The van der Waals surface area contributed by atoms with E-state index in [1.54, 1.807) is 33.9 Å². The number of sulfonamides is 2. The molecule has 0 spiro atoms. The average Bonchev–Trinajstić information content (AvgIpc) is 1.67. The molecular weight excluding hydrogens is 1770 g/mol. The Morgan fingerprint density at radius 1 is 0.465 bits per heavy atom. The molecule has 48 heteroatoms. The van der Waals surface area contributed by atoms with Gasteiger partial charge in [-0.3, -0.25) is 86.1 Å². The maximum absolute atomic E-state index is 12.9. The van der Waals surface area contributed by atoms with Gasteiger partial charge in [-0.15, -0.1) is 0 Å². The molecule has 0 saturated carbocycles. The minimum atomic E-state index is -3.83. The fourth-order valence-electron chi connectivity index (χ4n) is 15.0. The Labute approximate surface area is 746 Å². The molecule has 12 heterocycles. The van der Waals surface area contributed by atoms with Crippen LogP contribution in [0.4, 0.5) is 0 Å². The topological polar surface area (TPSA) is 600 Å². The number of aromatic amines is 6. The zero-order chi connectivity index (χ0) is 91.1. The monoisotopic (exact) mass is 1890 g/mol. The van der Waals surface area contributed by atoms with Crippen molar-refractivity contribution >= 4 is 51.6 Å². The van der Waals surface area contributed by atoms with Crippen molar-refractivity contribution < 1.29 is 65.1 Å². The van der Waals surface area contributed by atoms with Gasteiger partial charge < -0.3 is 54.0 Å². The number of aromatic nitrogens is 12. The van der Waals surface area contributed by atoms with E-state index < -0.39 is 181 Å². The zero-order valence-corrected chi connectivity index (χ0v) is 74.7. The van der Waals surface area contributed by atoms with Gasteiger partial charge >= 0.3 is 34.1 Å². The van der Waals surface area contributed by atoms with Crippen molar-refractivity contribution in [2.24, 2.45) is 23.5 Å². The molecule has 127 heavy (non-hydrogen) atoms. The SMILES string of the molecule is C.C.C.C.CC(C)N(C(C)C)P(Cl)OCCC#N.CC[C@H]1O[C@@H](n2cc(C)c(=O)[nH]c2=O)C[C@@H]1CS.CC[C@H]1O[C@@H](n2cc(C)c(=O)[nH]c2=O)C[C@@H]1CS(=O)(=O)NC[C@H]1O[C@@H](n2cc(C)c(=O)[nH]c2=O)C[C@@H]1O.CC[C@H]1O[C@@H](n2cc(C)c(=O)[nH]c2=O)C[C@@H]1CS(=O)(=O)NC[C@H]1O[C@@H](n2cc(C)c(=O)[nH]c2=O)C[C@@H]1O.Cc1cn([C@H]2C[C@H](O)[C@@H](CN)O2)c(=O)[nH]c1=O. The van der Waals surface area contributed by atoms with E-state index in [4.69, 9.17) is 55.2 Å². The summed E-state index contributed by atoms with van der Waals surface area (Å²) in [6, 6.07) is 2.75. The highest BCUT2D eigenvalue weighted by atomic mass is 35.7. The molecule has 6 aromatic heterocycles. The van der Waals surface area contributed by atoms with E-state index in [0.717, 1.165) is 27.7 Å². The molecule has 43 nitrogen and oxygen atoms in total. The fraction of sp³-hybridized carbons (Fsp3) is 0.684. The molecule has 0 bridgehead atoms. The van der Waals surface area contributed by atoms with E-state index in [-0.39, 0.29) is 111 Å². The quantitative estimate of drug-likeness (QED) is 0.0200. The maximum atomic E-state index is 12.9. The van der Waals surface area contributed by atoms with Gasteiger partial charge in [0.05, 0.1) is 85.5 Å². The van der Waals surface area contributed by atoms with Crippen molar-refractivity contribution in [3.8, 4) is 6.07 Å². The van der Waals surface area contributed by atoms with E-state index in [2.05, 4.69) is 91.3 Å². The van der Waals surface area contributed by atoms with Gasteiger partial charge in [-0.2, -0.15) is 17.9 Å². The third kappa shape index (κ3) is 29.2. The molecule has 6 fully saturated rings. The summed E-state index contributed by atoms with van der Waals surface area (Å²) < 4.78 is 106. The van der Waals surface area contributed by atoms with Crippen LogP contribution >= 0.6 is 31.5 Å². The van der Waals surface area contributed by atoms with Crippen LogP contribution < -0.4 is 82.7 Å². The summed E-state index contributed by atoms with van der Waals surface area (Å²) in [5, 5.41) is 38.8. The van der Waals surface area contributed by atoms with Crippen LogP contribution in [0.2, 0.25) is 0 Å². The zero-order valence-electron chi connectivity index (χ0n) is 70.5. The second-order valence-corrected chi connectivity index (χ2v) is 37.6. The van der Waals surface area contributed by atoms with Gasteiger partial charge in [0.1, 0.15) is 37.4 Å². The molecule has 12 rings (SSSR count). The number of nitriles is 1. The van der Waals surface area contributed by atoms with E-state index in [0.29, 0.717) is 77.3 Å². The number of aryl methyl sites for hydroxylation is 6. The Morgan fingerprint density at radius 2 is 0.701 bits per heavy atom. The highest BCUT2D eigenvalue weighted by Gasteiger charge is 2.44. The number of hydrogen-bond donors (Lipinski definition) is 13. The fourth-order valence-corrected chi connectivity index (χ4v) is 20.7. The van der Waals surface area contributed by atoms with Gasteiger partial charge in [-0.05, 0) is 131 Å². The smallest absolute Gasteiger partial charge is 0.330 e. The maximum Gasteiger partial charge on any atom is 0.330 e. The van der Waals surface area contributed by atoms with E-state index >= 15 is 0 Å². The summed E-state index contributed by atoms with van der Waals surface area (Å²) >= 11 is 10.5. The van der Waals surface area contributed by atoms with Gasteiger partial charge in [-0.25, -0.2) is 59.7 Å². The van der Waals surface area contributed by atoms with Crippen LogP contribution in [0.25, 0.3) is 0 Å². The van der Waals surface area contributed by atoms with E-state index in [9.17, 15) is 89.7 Å². The summed E-state index contributed by atoms with van der Waals surface area (Å²) in [4.78, 5) is 155. The number of hydrogen-bond acceptors (Lipinski definition) is 30. The lowest BCUT2D eigenvalue weighted by atomic mass is 10.0. The number of rotatable bonds is 27. The molecule has 19 atom stereocenters. The Kier molecular flexibility index (Phi) is 43.2. The predicted molar refractivity (Wildman–Crippen MR) is 481 cm³/mol. The molecule has 0 aromatic carbocycles. The molecular formula is C79H129ClN17O26PS3. The Hall–Kier alpha value is -8.02. The first-order valence-corrected chi connectivity index (χ1v) is 46.3. The van der Waals surface area contributed by atoms with Gasteiger partial charge in [0, 0.05) is 133 Å². The minimum absolute atomic E-state index is 0. The van der Waals surface area contributed by atoms with Crippen molar-refractivity contribution in [2.45, 2.75) is 288 Å². The van der Waals surface area contributed by atoms with Crippen LogP contribution in [0.1, 0.15) is 213 Å². The largest absolute Gasteiger partial charge is 0.390 e. The van der Waals surface area contributed by atoms with Crippen molar-refractivity contribution in [3.63, 3.8) is 0 Å². The van der Waals surface area contributed by atoms with Crippen LogP contribution in [-0.2, 0) is 53.0 Å². The van der Waals surface area contributed by atoms with Gasteiger partial charge in [0.25, 0.3) is 33.4 Å². The Bertz CT molecular complexity index is 5440. The molecule has 6 aliphatic rings. The number of nitrogens with zero attached hydrogens (tertiary/aromatic N) is 8. The molecule has 0 amide bonds. The third-order valence-corrected chi connectivity index (χ3v) is 27.6. The molecule has 6 aliphatic heterocycles. The summed E-state index contributed by atoms with van der Waals surface area (Å²) in [5.74, 6) is -0.296. The highest BCUT2D eigenvalue weighted by Crippen LogP contribution is 2.49. The number of aliphatic hydroxyl groups excluding tert-OH is 3. The van der Waals surface area contributed by atoms with Gasteiger partial charge in [0.2, 0.25) is 27.7 Å². The highest BCUT2D eigenvalue weighted by molar-refractivity contribution is 7.89. The second kappa shape index (κ2) is 49.3. The van der Waals surface area contributed by atoms with Gasteiger partial charge in [0.15, 0.2) is 0 Å². The molecule has 13 N–H and O–H groups in total. The van der Waals surface area contributed by atoms with Crippen molar-refractivity contribution in [2.75, 3.05) is 43.5 Å². The lowest BCUT2D eigenvalue weighted by molar-refractivity contribution is -0.0170. The molecule has 6 aromatic rings. The van der Waals surface area contributed by atoms with E-state index in [1.807, 2.05) is 19.9 Å². The molecule has 1 unspecified atom stereocenters. The van der Waals surface area contributed by atoms with Crippen molar-refractivity contribution in [1.29, 1.82) is 5.26 Å². The minimum Gasteiger partial charge on any atom is -0.390 e. The van der Waals surface area contributed by atoms with E-state index in [1.165, 1.54) is 63.1 Å². The molecule has 0 aliphatic carbocycles. The second-order valence-electron chi connectivity index (χ2n) is 31.5. The number of thiol groups is 1. The lowest BCUT2D eigenvalue weighted by Crippen LogP contribution is -2.40. The summed E-state index contributed by atoms with van der Waals surface area (Å²) in [6.45, 7) is 23.7. The third-order valence-electron chi connectivity index (χ3n) is 21.6. The number of nitrogens with one attached hydrogen (secondary N) is 8. The number of H-pyrrole nitrogens is 6. The van der Waals surface area contributed by atoms with Crippen LogP contribution in [-0.4, -0.2) is 205 Å². The normalized spacial score (nSPS) is 25.6. The van der Waals surface area contributed by atoms with Crippen molar-refractivity contribution in [3.05, 3.63) is 196 Å². The van der Waals surface area contributed by atoms with Crippen LogP contribution in [0.3, 0.4) is 0 Å². The number of nitrogens with two attached hydrogens (primary N) is 1. The van der Waals surface area contributed by atoms with Crippen LogP contribution in [0, 0.1) is 70.6 Å². The Balaban J connectivity index is 0.000000349. The van der Waals surface area contributed by atoms with Crippen LogP contribution in [0.5, 0.6) is 0 Å².